The zero-order valence-corrected chi connectivity index (χ0v) is 10.5. The van der Waals surface area contributed by atoms with Crippen LogP contribution in [-0.2, 0) is 10.9 Å². The first kappa shape index (κ1) is 14.6. The first-order chi connectivity index (χ1) is 8.27. The fourth-order valence-electron chi connectivity index (χ4n) is 1.74. The third-order valence-corrected chi connectivity index (χ3v) is 2.41. The second-order valence-corrected chi connectivity index (χ2v) is 4.18. The van der Waals surface area contributed by atoms with Gasteiger partial charge >= 0.3 is 6.18 Å². The molecule has 2 N–H and O–H groups in total. The summed E-state index contributed by atoms with van der Waals surface area (Å²) >= 11 is 0. The molecule has 0 saturated carbocycles. The summed E-state index contributed by atoms with van der Waals surface area (Å²) in [5, 5.41) is 0. The molecule has 0 aliphatic rings. The molecular weight excluding hydrogens is 247 g/mol. The van der Waals surface area contributed by atoms with Crippen LogP contribution in [-0.4, -0.2) is 13.9 Å². The van der Waals surface area contributed by atoms with Crippen molar-refractivity contribution in [1.29, 1.82) is 0 Å². The van der Waals surface area contributed by atoms with E-state index < -0.39 is 11.7 Å². The maximum absolute atomic E-state index is 12.9. The third kappa shape index (κ3) is 3.29. The SMILES string of the molecule is COCOc1cc(N)c(C(C)C)c(C(F)(F)F)c1. The van der Waals surface area contributed by atoms with Crippen molar-refractivity contribution in [3.05, 3.63) is 23.3 Å². The van der Waals surface area contributed by atoms with E-state index in [9.17, 15) is 13.2 Å². The number of anilines is 1. The molecule has 3 nitrogen and oxygen atoms in total. The van der Waals surface area contributed by atoms with Gasteiger partial charge in [-0.3, -0.25) is 0 Å². The summed E-state index contributed by atoms with van der Waals surface area (Å²) in [5.74, 6) is -0.274. The van der Waals surface area contributed by atoms with Crippen molar-refractivity contribution < 1.29 is 22.6 Å². The van der Waals surface area contributed by atoms with Crippen molar-refractivity contribution in [2.24, 2.45) is 0 Å². The Labute approximate surface area is 104 Å². The van der Waals surface area contributed by atoms with Crippen molar-refractivity contribution in [2.45, 2.75) is 25.9 Å². The number of alkyl halides is 3. The number of benzene rings is 1. The van der Waals surface area contributed by atoms with E-state index in [4.69, 9.17) is 10.5 Å². The highest BCUT2D eigenvalue weighted by Gasteiger charge is 2.35. The summed E-state index contributed by atoms with van der Waals surface area (Å²) in [5.41, 5.74) is 5.08. The summed E-state index contributed by atoms with van der Waals surface area (Å²) in [4.78, 5) is 0. The molecule has 0 saturated heterocycles. The molecule has 18 heavy (non-hydrogen) atoms. The van der Waals surface area contributed by atoms with E-state index in [-0.39, 0.29) is 29.7 Å². The molecule has 0 spiro atoms. The minimum Gasteiger partial charge on any atom is -0.467 e. The van der Waals surface area contributed by atoms with Crippen molar-refractivity contribution >= 4 is 5.69 Å². The maximum Gasteiger partial charge on any atom is 0.416 e. The van der Waals surface area contributed by atoms with Crippen LogP contribution in [0, 0.1) is 0 Å². The second kappa shape index (κ2) is 5.48. The molecule has 0 aliphatic carbocycles. The van der Waals surface area contributed by atoms with E-state index in [0.29, 0.717) is 0 Å². The standard InChI is InChI=1S/C12H16F3NO2/c1-7(2)11-9(12(13,14)15)4-8(5-10(11)16)18-6-17-3/h4-5,7H,6,16H2,1-3H3. The highest BCUT2D eigenvalue weighted by atomic mass is 19.4. The van der Waals surface area contributed by atoms with Crippen LogP contribution in [0.15, 0.2) is 12.1 Å². The second-order valence-electron chi connectivity index (χ2n) is 4.18. The molecule has 0 radical (unpaired) electrons. The van der Waals surface area contributed by atoms with Crippen LogP contribution in [0.1, 0.15) is 30.9 Å². The number of nitrogen functional groups attached to an aromatic ring is 1. The number of ether oxygens (including phenoxy) is 2. The molecule has 1 aromatic carbocycles. The Kier molecular flexibility index (Phi) is 4.45. The van der Waals surface area contributed by atoms with Gasteiger partial charge in [-0.15, -0.1) is 0 Å². The van der Waals surface area contributed by atoms with Crippen LogP contribution < -0.4 is 10.5 Å². The lowest BCUT2D eigenvalue weighted by Gasteiger charge is -2.19. The van der Waals surface area contributed by atoms with E-state index in [2.05, 4.69) is 4.74 Å². The highest BCUT2D eigenvalue weighted by Crippen LogP contribution is 2.40. The average molecular weight is 263 g/mol. The Morgan fingerprint density at radius 3 is 2.33 bits per heavy atom. The zero-order chi connectivity index (χ0) is 13.9. The van der Waals surface area contributed by atoms with Gasteiger partial charge in [-0.25, -0.2) is 0 Å². The predicted molar refractivity (Wildman–Crippen MR) is 62.4 cm³/mol. The quantitative estimate of drug-likeness (QED) is 0.669. The smallest absolute Gasteiger partial charge is 0.416 e. The number of halogens is 3. The molecule has 0 fully saturated rings. The highest BCUT2D eigenvalue weighted by molar-refractivity contribution is 5.57. The first-order valence-electron chi connectivity index (χ1n) is 5.39. The van der Waals surface area contributed by atoms with Gasteiger partial charge in [-0.1, -0.05) is 13.8 Å². The van der Waals surface area contributed by atoms with E-state index in [1.54, 1.807) is 13.8 Å². The molecular formula is C12H16F3NO2. The van der Waals surface area contributed by atoms with Crippen molar-refractivity contribution in [3.8, 4) is 5.75 Å². The monoisotopic (exact) mass is 263 g/mol. The molecule has 1 rings (SSSR count). The van der Waals surface area contributed by atoms with Crippen LogP contribution in [0.5, 0.6) is 5.75 Å². The van der Waals surface area contributed by atoms with Crippen LogP contribution in [0.4, 0.5) is 18.9 Å². The predicted octanol–water partition coefficient (Wildman–Crippen LogP) is 3.39. The molecule has 0 aliphatic heterocycles. The number of hydrogen-bond acceptors (Lipinski definition) is 3. The van der Waals surface area contributed by atoms with Gasteiger partial charge in [-0.05, 0) is 17.5 Å². The summed E-state index contributed by atoms with van der Waals surface area (Å²) in [6.45, 7) is 3.20. The minimum absolute atomic E-state index is 0.0473. The Morgan fingerprint density at radius 2 is 1.89 bits per heavy atom. The van der Waals surface area contributed by atoms with Crippen LogP contribution >= 0.6 is 0 Å². The van der Waals surface area contributed by atoms with Gasteiger partial charge < -0.3 is 15.2 Å². The fraction of sp³-hybridized carbons (Fsp3) is 0.500. The van der Waals surface area contributed by atoms with Gasteiger partial charge in [0.2, 0.25) is 0 Å². The summed E-state index contributed by atoms with van der Waals surface area (Å²) in [6, 6.07) is 2.33. The Bertz CT molecular complexity index is 417. The minimum atomic E-state index is -4.46. The number of rotatable bonds is 4. The van der Waals surface area contributed by atoms with Gasteiger partial charge in [0.25, 0.3) is 0 Å². The first-order valence-corrected chi connectivity index (χ1v) is 5.39. The lowest BCUT2D eigenvalue weighted by atomic mass is 9.94. The summed E-state index contributed by atoms with van der Waals surface area (Å²) in [6.07, 6.45) is -4.46. The van der Waals surface area contributed by atoms with Gasteiger partial charge in [-0.2, -0.15) is 13.2 Å². The normalized spacial score (nSPS) is 11.9. The van der Waals surface area contributed by atoms with Gasteiger partial charge in [0.05, 0.1) is 5.56 Å². The van der Waals surface area contributed by atoms with E-state index in [1.165, 1.54) is 13.2 Å². The van der Waals surface area contributed by atoms with E-state index >= 15 is 0 Å². The van der Waals surface area contributed by atoms with Crippen LogP contribution in [0.2, 0.25) is 0 Å². The third-order valence-electron chi connectivity index (χ3n) is 2.41. The number of hydrogen-bond donors (Lipinski definition) is 1. The summed E-state index contributed by atoms with van der Waals surface area (Å²) in [7, 11) is 1.39. The van der Waals surface area contributed by atoms with Crippen LogP contribution in [0.25, 0.3) is 0 Å². The molecule has 0 aromatic heterocycles. The van der Waals surface area contributed by atoms with Gasteiger partial charge in [0.15, 0.2) is 6.79 Å². The lowest BCUT2D eigenvalue weighted by molar-refractivity contribution is -0.138. The Hall–Kier alpha value is -1.43. The van der Waals surface area contributed by atoms with Gasteiger partial charge in [0.1, 0.15) is 5.75 Å². The largest absolute Gasteiger partial charge is 0.467 e. The number of nitrogens with two attached hydrogens (primary N) is 1. The Morgan fingerprint density at radius 1 is 1.28 bits per heavy atom. The molecule has 0 bridgehead atoms. The molecule has 0 amide bonds. The molecule has 0 heterocycles. The van der Waals surface area contributed by atoms with E-state index in [0.717, 1.165) is 6.07 Å². The maximum atomic E-state index is 12.9. The fourth-order valence-corrected chi connectivity index (χ4v) is 1.74. The zero-order valence-electron chi connectivity index (χ0n) is 10.5. The molecule has 1 aromatic rings. The van der Waals surface area contributed by atoms with Crippen molar-refractivity contribution in [3.63, 3.8) is 0 Å². The number of methoxy groups -OCH3 is 1. The summed E-state index contributed by atoms with van der Waals surface area (Å²) < 4.78 is 48.5. The average Bonchev–Trinajstić information content (AvgIpc) is 2.23. The molecule has 0 atom stereocenters. The lowest BCUT2D eigenvalue weighted by Crippen LogP contribution is -2.13. The van der Waals surface area contributed by atoms with Crippen molar-refractivity contribution in [2.75, 3.05) is 19.6 Å². The molecule has 102 valence electrons. The van der Waals surface area contributed by atoms with Crippen molar-refractivity contribution in [1.82, 2.24) is 0 Å². The Balaban J connectivity index is 3.29. The van der Waals surface area contributed by atoms with Gasteiger partial charge in [0, 0.05) is 18.9 Å². The molecule has 6 heteroatoms. The topological polar surface area (TPSA) is 44.5 Å². The van der Waals surface area contributed by atoms with E-state index in [1.807, 2.05) is 0 Å². The molecule has 0 unspecified atom stereocenters. The van der Waals surface area contributed by atoms with Crippen LogP contribution in [0.3, 0.4) is 0 Å².